The molecule has 0 bridgehead atoms. The molecule has 0 aromatic carbocycles. The molecule has 0 N–H and O–H groups in total. The van der Waals surface area contributed by atoms with Gasteiger partial charge in [0.05, 0.1) is 8.07 Å². The monoisotopic (exact) mass is 243 g/mol. The maximum absolute atomic E-state index is 3.98. The summed E-state index contributed by atoms with van der Waals surface area (Å²) >= 11 is 0. The quantitative estimate of drug-likeness (QED) is 0.612. The second-order valence-electron chi connectivity index (χ2n) is 5.68. The summed E-state index contributed by atoms with van der Waals surface area (Å²) in [4.78, 5) is 0. The fourth-order valence-corrected chi connectivity index (χ4v) is 9.22. The van der Waals surface area contributed by atoms with Crippen LogP contribution in [0.4, 0.5) is 0 Å². The smallest absolute Gasteiger partial charge is 0.121 e. The molecule has 0 saturated heterocycles. The molecule has 0 aromatic heterocycles. The van der Waals surface area contributed by atoms with Gasteiger partial charge < -0.3 is 4.57 Å². The highest BCUT2D eigenvalue weighted by Crippen LogP contribution is 2.23. The van der Waals surface area contributed by atoms with Crippen LogP contribution < -0.4 is 0 Å². The molecule has 0 radical (unpaired) electrons. The van der Waals surface area contributed by atoms with Crippen molar-refractivity contribution in [3.63, 3.8) is 0 Å². The SMILES string of the molecule is C=C[Si](C)(C)CC[Si](C)(C)N(CC)CC. The molecule has 0 saturated carbocycles. The highest BCUT2D eigenvalue weighted by Gasteiger charge is 2.29. The van der Waals surface area contributed by atoms with Crippen LogP contribution in [0.25, 0.3) is 0 Å². The van der Waals surface area contributed by atoms with Crippen LogP contribution in [0.15, 0.2) is 12.3 Å². The Labute approximate surface area is 98.7 Å². The first-order chi connectivity index (χ1) is 6.79. The van der Waals surface area contributed by atoms with Gasteiger partial charge in [-0.2, -0.15) is 0 Å². The van der Waals surface area contributed by atoms with E-state index in [0.717, 1.165) is 0 Å². The third kappa shape index (κ3) is 5.13. The molecular weight excluding hydrogens is 214 g/mol. The van der Waals surface area contributed by atoms with E-state index in [1.165, 1.54) is 25.2 Å². The highest BCUT2D eigenvalue weighted by atomic mass is 28.3. The molecule has 15 heavy (non-hydrogen) atoms. The van der Waals surface area contributed by atoms with E-state index in [-0.39, 0.29) is 0 Å². The van der Waals surface area contributed by atoms with Gasteiger partial charge in [-0.1, -0.05) is 46.1 Å². The van der Waals surface area contributed by atoms with Crippen molar-refractivity contribution in [2.24, 2.45) is 0 Å². The van der Waals surface area contributed by atoms with Crippen molar-refractivity contribution < 1.29 is 0 Å². The summed E-state index contributed by atoms with van der Waals surface area (Å²) < 4.78 is 2.70. The maximum Gasteiger partial charge on any atom is 0.121 e. The maximum atomic E-state index is 3.98. The topological polar surface area (TPSA) is 3.24 Å². The third-order valence-electron chi connectivity index (χ3n) is 3.55. The van der Waals surface area contributed by atoms with E-state index in [4.69, 9.17) is 0 Å². The Morgan fingerprint density at radius 2 is 1.47 bits per heavy atom. The lowest BCUT2D eigenvalue weighted by atomic mass is 10.7. The van der Waals surface area contributed by atoms with E-state index in [9.17, 15) is 0 Å². The van der Waals surface area contributed by atoms with Crippen molar-refractivity contribution in [1.29, 1.82) is 0 Å². The van der Waals surface area contributed by atoms with Crippen LogP contribution in [0.3, 0.4) is 0 Å². The van der Waals surface area contributed by atoms with E-state index in [2.05, 4.69) is 56.9 Å². The number of nitrogens with zero attached hydrogens (tertiary/aromatic N) is 1. The molecule has 0 amide bonds. The van der Waals surface area contributed by atoms with E-state index in [0.29, 0.717) is 0 Å². The van der Waals surface area contributed by atoms with Crippen molar-refractivity contribution in [1.82, 2.24) is 4.57 Å². The zero-order chi connectivity index (χ0) is 12.1. The normalized spacial score (nSPS) is 13.3. The van der Waals surface area contributed by atoms with Crippen LogP contribution >= 0.6 is 0 Å². The van der Waals surface area contributed by atoms with Gasteiger partial charge in [-0.3, -0.25) is 0 Å². The van der Waals surface area contributed by atoms with Gasteiger partial charge in [-0.05, 0) is 19.1 Å². The van der Waals surface area contributed by atoms with Crippen LogP contribution in [0.5, 0.6) is 0 Å². The lowest BCUT2D eigenvalue weighted by molar-refractivity contribution is 0.465. The molecule has 0 fully saturated rings. The Hall–Kier alpha value is 0.134. The van der Waals surface area contributed by atoms with E-state index >= 15 is 0 Å². The van der Waals surface area contributed by atoms with Gasteiger partial charge in [0.25, 0.3) is 0 Å². The zero-order valence-electron chi connectivity index (χ0n) is 11.6. The molecule has 0 aliphatic rings. The molecule has 0 aliphatic carbocycles. The molecule has 0 heterocycles. The first-order valence-corrected chi connectivity index (χ1v) is 12.6. The lowest BCUT2D eigenvalue weighted by Crippen LogP contribution is -2.49. The largest absolute Gasteiger partial charge is 0.324 e. The van der Waals surface area contributed by atoms with Gasteiger partial charge in [-0.25, -0.2) is 0 Å². The molecule has 0 unspecified atom stereocenters. The summed E-state index contributed by atoms with van der Waals surface area (Å²) in [5, 5.41) is 0. The standard InChI is InChI=1S/C12H29NSi2/c1-8-13(9-2)15(6,7)12-11-14(4,5)10-3/h10H,3,8-9,11-12H2,1-2,4-7H3. The minimum absolute atomic E-state index is 1.09. The lowest BCUT2D eigenvalue weighted by Gasteiger charge is -2.37. The zero-order valence-corrected chi connectivity index (χ0v) is 13.6. The molecule has 0 spiro atoms. The summed E-state index contributed by atoms with van der Waals surface area (Å²) in [6, 6.07) is 2.84. The highest BCUT2D eigenvalue weighted by molar-refractivity contribution is 6.84. The van der Waals surface area contributed by atoms with Crippen LogP contribution in [0.2, 0.25) is 38.3 Å². The molecule has 0 rings (SSSR count). The molecule has 0 aliphatic heterocycles. The molecule has 0 aromatic rings. The Morgan fingerprint density at radius 3 is 1.80 bits per heavy atom. The minimum Gasteiger partial charge on any atom is -0.324 e. The van der Waals surface area contributed by atoms with Gasteiger partial charge in [-0.15, -0.1) is 12.3 Å². The fraction of sp³-hybridized carbons (Fsp3) is 0.833. The Balaban J connectivity index is 4.31. The van der Waals surface area contributed by atoms with Crippen molar-refractivity contribution in [3.8, 4) is 0 Å². The summed E-state index contributed by atoms with van der Waals surface area (Å²) in [5.41, 5.74) is 2.24. The predicted octanol–water partition coefficient (Wildman–Crippen LogP) is 3.97. The van der Waals surface area contributed by atoms with Crippen LogP contribution in [0.1, 0.15) is 13.8 Å². The average Bonchev–Trinajstić information content (AvgIpc) is 2.17. The first-order valence-electron chi connectivity index (χ1n) is 6.17. The van der Waals surface area contributed by atoms with Gasteiger partial charge >= 0.3 is 0 Å². The van der Waals surface area contributed by atoms with E-state index in [1.54, 1.807) is 0 Å². The van der Waals surface area contributed by atoms with Crippen molar-refractivity contribution in [3.05, 3.63) is 12.3 Å². The van der Waals surface area contributed by atoms with Gasteiger partial charge in [0.2, 0.25) is 0 Å². The predicted molar refractivity (Wildman–Crippen MR) is 77.7 cm³/mol. The second-order valence-corrected chi connectivity index (χ2v) is 15.3. The first kappa shape index (κ1) is 15.1. The Kier molecular flexibility index (Phi) is 6.07. The third-order valence-corrected chi connectivity index (χ3v) is 10.5. The summed E-state index contributed by atoms with van der Waals surface area (Å²) in [5.74, 6) is 0. The fourth-order valence-electron chi connectivity index (χ4n) is 1.97. The Morgan fingerprint density at radius 1 is 1.00 bits per heavy atom. The summed E-state index contributed by atoms with van der Waals surface area (Å²) in [6.45, 7) is 20.8. The summed E-state index contributed by atoms with van der Waals surface area (Å²) in [7, 11) is -2.23. The molecule has 1 nitrogen and oxygen atoms in total. The van der Waals surface area contributed by atoms with E-state index < -0.39 is 16.3 Å². The van der Waals surface area contributed by atoms with Crippen molar-refractivity contribution in [2.45, 2.75) is 52.1 Å². The second kappa shape index (κ2) is 6.01. The van der Waals surface area contributed by atoms with Crippen molar-refractivity contribution in [2.75, 3.05) is 13.1 Å². The van der Waals surface area contributed by atoms with Crippen molar-refractivity contribution >= 4 is 16.3 Å². The Bertz CT molecular complexity index is 196. The minimum atomic E-state index is -1.14. The van der Waals surface area contributed by atoms with E-state index in [1.807, 2.05) is 0 Å². The summed E-state index contributed by atoms with van der Waals surface area (Å²) in [6.07, 6.45) is 0. The molecule has 3 heteroatoms. The average molecular weight is 244 g/mol. The number of hydrogen-bond donors (Lipinski definition) is 0. The van der Waals surface area contributed by atoms with Crippen LogP contribution in [-0.4, -0.2) is 34.0 Å². The molecular formula is C12H29NSi2. The number of hydrogen-bond acceptors (Lipinski definition) is 1. The van der Waals surface area contributed by atoms with Crippen LogP contribution in [-0.2, 0) is 0 Å². The molecule has 90 valence electrons. The van der Waals surface area contributed by atoms with Gasteiger partial charge in [0.15, 0.2) is 0 Å². The number of rotatable bonds is 7. The van der Waals surface area contributed by atoms with Crippen LogP contribution in [0, 0.1) is 0 Å². The molecule has 0 atom stereocenters. The van der Waals surface area contributed by atoms with Gasteiger partial charge in [0.1, 0.15) is 8.24 Å². The van der Waals surface area contributed by atoms with Gasteiger partial charge in [0, 0.05) is 0 Å².